The number of aromatic carboxylic acids is 1. The van der Waals surface area contributed by atoms with E-state index in [9.17, 15) is 19.5 Å². The van der Waals surface area contributed by atoms with E-state index in [1.54, 1.807) is 21.9 Å². The van der Waals surface area contributed by atoms with Crippen LogP contribution in [0, 0.1) is 0 Å². The molecule has 1 aromatic carbocycles. The maximum atomic E-state index is 13.1. The van der Waals surface area contributed by atoms with Crippen molar-refractivity contribution < 1.29 is 24.2 Å². The molecular weight excluding hydrogens is 360 g/mol. The first-order valence-electron chi connectivity index (χ1n) is 9.57. The van der Waals surface area contributed by atoms with Crippen LogP contribution in [0.15, 0.2) is 18.2 Å². The summed E-state index contributed by atoms with van der Waals surface area (Å²) in [6, 6.07) is 4.60. The van der Waals surface area contributed by atoms with Crippen molar-refractivity contribution in [1.29, 1.82) is 0 Å². The molecule has 0 saturated carbocycles. The number of piperazine rings is 1. The van der Waals surface area contributed by atoms with Crippen molar-refractivity contribution in [2.75, 3.05) is 19.6 Å². The van der Waals surface area contributed by atoms with Crippen LogP contribution in [-0.2, 0) is 4.74 Å². The number of rotatable bonds is 3. The van der Waals surface area contributed by atoms with Crippen LogP contribution in [0.3, 0.4) is 0 Å². The second kappa shape index (κ2) is 8.20. The Morgan fingerprint density at radius 3 is 2.25 bits per heavy atom. The minimum absolute atomic E-state index is 0.105. The third kappa shape index (κ3) is 4.82. The fraction of sp³-hybridized carbons (Fsp3) is 0.571. The van der Waals surface area contributed by atoms with Crippen LogP contribution in [0.25, 0.3) is 0 Å². The van der Waals surface area contributed by atoms with Gasteiger partial charge < -0.3 is 19.6 Å². The van der Waals surface area contributed by atoms with Gasteiger partial charge in [-0.15, -0.1) is 0 Å². The van der Waals surface area contributed by atoms with Gasteiger partial charge >= 0.3 is 12.1 Å². The van der Waals surface area contributed by atoms with Crippen molar-refractivity contribution in [3.8, 4) is 0 Å². The van der Waals surface area contributed by atoms with E-state index in [0.717, 1.165) is 0 Å². The lowest BCUT2D eigenvalue weighted by Crippen LogP contribution is -2.56. The molecule has 1 unspecified atom stereocenters. The summed E-state index contributed by atoms with van der Waals surface area (Å²) in [5.74, 6) is -1.35. The Balaban J connectivity index is 2.21. The van der Waals surface area contributed by atoms with Gasteiger partial charge in [-0.3, -0.25) is 4.79 Å². The minimum Gasteiger partial charge on any atom is -0.478 e. The Kier molecular flexibility index (Phi) is 6.37. The highest BCUT2D eigenvalue weighted by molar-refractivity contribution is 6.00. The largest absolute Gasteiger partial charge is 0.478 e. The average Bonchev–Trinajstić information content (AvgIpc) is 2.58. The smallest absolute Gasteiger partial charge is 0.410 e. The Labute approximate surface area is 166 Å². The Morgan fingerprint density at radius 1 is 1.14 bits per heavy atom. The van der Waals surface area contributed by atoms with E-state index in [-0.39, 0.29) is 29.5 Å². The SMILES string of the molecule is CC(C)c1c(C(=O)O)cccc1C(=O)N1CCN(C(=O)OC(C)(C)C)C(C)C1. The van der Waals surface area contributed by atoms with Crippen LogP contribution in [0.4, 0.5) is 4.79 Å². The summed E-state index contributed by atoms with van der Waals surface area (Å²) >= 11 is 0. The summed E-state index contributed by atoms with van der Waals surface area (Å²) in [4.78, 5) is 40.4. The topological polar surface area (TPSA) is 87.2 Å². The van der Waals surface area contributed by atoms with Gasteiger partial charge in [0.05, 0.1) is 5.56 Å². The molecular formula is C21H30N2O5. The normalized spacial score (nSPS) is 17.6. The number of carboxylic acids is 1. The minimum atomic E-state index is -1.04. The second-order valence-electron chi connectivity index (χ2n) is 8.50. The highest BCUT2D eigenvalue weighted by Crippen LogP contribution is 2.26. The van der Waals surface area contributed by atoms with Gasteiger partial charge in [0.2, 0.25) is 0 Å². The molecule has 1 aliphatic rings. The van der Waals surface area contributed by atoms with Crippen molar-refractivity contribution in [3.05, 3.63) is 34.9 Å². The van der Waals surface area contributed by atoms with Crippen LogP contribution < -0.4 is 0 Å². The van der Waals surface area contributed by atoms with Gasteiger partial charge in [-0.25, -0.2) is 9.59 Å². The summed E-state index contributed by atoms with van der Waals surface area (Å²) in [5.41, 5.74) is 0.532. The predicted octanol–water partition coefficient (Wildman–Crippen LogP) is 3.59. The van der Waals surface area contributed by atoms with Crippen molar-refractivity contribution >= 4 is 18.0 Å². The highest BCUT2D eigenvalue weighted by atomic mass is 16.6. The summed E-state index contributed by atoms with van der Waals surface area (Å²) in [7, 11) is 0. The first kappa shape index (κ1) is 21.7. The van der Waals surface area contributed by atoms with E-state index >= 15 is 0 Å². The van der Waals surface area contributed by atoms with Crippen molar-refractivity contribution in [1.82, 2.24) is 9.80 Å². The molecule has 2 amide bonds. The lowest BCUT2D eigenvalue weighted by atomic mass is 9.91. The molecule has 1 fully saturated rings. The van der Waals surface area contributed by atoms with Gasteiger partial charge in [0.25, 0.3) is 5.91 Å². The maximum Gasteiger partial charge on any atom is 0.410 e. The number of carbonyl (C=O) groups excluding carboxylic acids is 2. The fourth-order valence-electron chi connectivity index (χ4n) is 3.46. The molecule has 1 N–H and O–H groups in total. The van der Waals surface area contributed by atoms with Gasteiger partial charge in [-0.05, 0) is 51.3 Å². The summed E-state index contributed by atoms with van der Waals surface area (Å²) in [6.45, 7) is 12.2. The molecule has 1 atom stereocenters. The quantitative estimate of drug-likeness (QED) is 0.852. The monoisotopic (exact) mass is 390 g/mol. The Morgan fingerprint density at radius 2 is 1.75 bits per heavy atom. The van der Waals surface area contributed by atoms with Gasteiger partial charge in [-0.2, -0.15) is 0 Å². The first-order chi connectivity index (χ1) is 12.9. The molecule has 0 aliphatic carbocycles. The third-order valence-electron chi connectivity index (χ3n) is 4.69. The second-order valence-corrected chi connectivity index (χ2v) is 8.50. The molecule has 0 radical (unpaired) electrons. The summed E-state index contributed by atoms with van der Waals surface area (Å²) in [5, 5.41) is 9.48. The zero-order valence-electron chi connectivity index (χ0n) is 17.5. The molecule has 0 bridgehead atoms. The van der Waals surface area contributed by atoms with Crippen LogP contribution in [0.1, 0.15) is 73.7 Å². The number of carbonyl (C=O) groups is 3. The standard InChI is InChI=1S/C21H30N2O5/c1-13(2)17-15(8-7-9-16(17)19(25)26)18(24)22-10-11-23(14(3)12-22)20(27)28-21(4,5)6/h7-9,13-14H,10-12H2,1-6H3,(H,25,26). The van der Waals surface area contributed by atoms with E-state index in [4.69, 9.17) is 4.74 Å². The number of ether oxygens (including phenoxy) is 1. The van der Waals surface area contributed by atoms with Crippen molar-refractivity contribution in [2.24, 2.45) is 0 Å². The van der Waals surface area contributed by atoms with Gasteiger partial charge in [0.1, 0.15) is 5.60 Å². The van der Waals surface area contributed by atoms with Crippen LogP contribution in [0.5, 0.6) is 0 Å². The number of hydrogen-bond acceptors (Lipinski definition) is 4. The first-order valence-corrected chi connectivity index (χ1v) is 9.57. The molecule has 154 valence electrons. The molecule has 7 heteroatoms. The van der Waals surface area contributed by atoms with Crippen LogP contribution in [-0.4, -0.2) is 64.2 Å². The zero-order chi connectivity index (χ0) is 21.2. The lowest BCUT2D eigenvalue weighted by Gasteiger charge is -2.40. The van der Waals surface area contributed by atoms with Crippen LogP contribution >= 0.6 is 0 Å². The highest BCUT2D eigenvalue weighted by Gasteiger charge is 2.34. The molecule has 7 nitrogen and oxygen atoms in total. The molecule has 28 heavy (non-hydrogen) atoms. The number of nitrogens with zero attached hydrogens (tertiary/aromatic N) is 2. The van der Waals surface area contributed by atoms with E-state index in [1.165, 1.54) is 6.07 Å². The van der Waals surface area contributed by atoms with E-state index < -0.39 is 11.6 Å². The van der Waals surface area contributed by atoms with Gasteiger partial charge in [0, 0.05) is 31.2 Å². The van der Waals surface area contributed by atoms with Crippen molar-refractivity contribution in [3.63, 3.8) is 0 Å². The number of amides is 2. The Hall–Kier alpha value is -2.57. The predicted molar refractivity (Wildman–Crippen MR) is 106 cm³/mol. The van der Waals surface area contributed by atoms with Crippen molar-refractivity contribution in [2.45, 2.75) is 59.1 Å². The van der Waals surface area contributed by atoms with E-state index in [2.05, 4.69) is 0 Å². The molecule has 0 spiro atoms. The number of carboxylic acid groups (broad SMARTS) is 1. The van der Waals surface area contributed by atoms with Gasteiger partial charge in [-0.1, -0.05) is 19.9 Å². The average molecular weight is 390 g/mol. The number of hydrogen-bond donors (Lipinski definition) is 1. The zero-order valence-corrected chi connectivity index (χ0v) is 17.5. The number of benzene rings is 1. The lowest BCUT2D eigenvalue weighted by molar-refractivity contribution is 0.00194. The van der Waals surface area contributed by atoms with E-state index in [1.807, 2.05) is 41.5 Å². The molecule has 1 saturated heterocycles. The van der Waals surface area contributed by atoms with E-state index in [0.29, 0.717) is 30.8 Å². The third-order valence-corrected chi connectivity index (χ3v) is 4.69. The van der Waals surface area contributed by atoms with Crippen LogP contribution in [0.2, 0.25) is 0 Å². The van der Waals surface area contributed by atoms with Gasteiger partial charge in [0.15, 0.2) is 0 Å². The molecule has 1 heterocycles. The molecule has 0 aromatic heterocycles. The molecule has 2 rings (SSSR count). The Bertz CT molecular complexity index is 767. The molecule has 1 aliphatic heterocycles. The summed E-state index contributed by atoms with van der Waals surface area (Å²) in [6.07, 6.45) is -0.386. The maximum absolute atomic E-state index is 13.1. The summed E-state index contributed by atoms with van der Waals surface area (Å²) < 4.78 is 5.44. The fourth-order valence-corrected chi connectivity index (χ4v) is 3.46. The molecule has 1 aromatic rings.